The van der Waals surface area contributed by atoms with E-state index in [1.54, 1.807) is 7.05 Å². The zero-order valence-electron chi connectivity index (χ0n) is 11.3. The first kappa shape index (κ1) is 13.9. The Balaban J connectivity index is 2.11. The number of H-pyrrole nitrogens is 1. The third-order valence-electron chi connectivity index (χ3n) is 2.94. The summed E-state index contributed by atoms with van der Waals surface area (Å²) in [5, 5.41) is 10.4. The van der Waals surface area contributed by atoms with Gasteiger partial charge < -0.3 is 5.32 Å². The van der Waals surface area contributed by atoms with Crippen molar-refractivity contribution in [3.05, 3.63) is 40.3 Å². The first-order chi connectivity index (χ1) is 9.11. The maximum atomic E-state index is 11.3. The molecule has 1 aromatic carbocycles. The summed E-state index contributed by atoms with van der Waals surface area (Å²) in [7, 11) is 1.70. The van der Waals surface area contributed by atoms with Crippen molar-refractivity contribution < 1.29 is 0 Å². The van der Waals surface area contributed by atoms with Gasteiger partial charge in [0, 0.05) is 18.0 Å². The van der Waals surface area contributed by atoms with Crippen molar-refractivity contribution in [2.45, 2.75) is 29.9 Å². The van der Waals surface area contributed by atoms with E-state index in [0.717, 1.165) is 11.4 Å². The van der Waals surface area contributed by atoms with Crippen LogP contribution in [0, 0.1) is 0 Å². The van der Waals surface area contributed by atoms with Crippen LogP contribution >= 0.6 is 11.8 Å². The second-order valence-electron chi connectivity index (χ2n) is 4.32. The smallest absolute Gasteiger partial charge is 0.310 e. The molecule has 0 radical (unpaired) electrons. The summed E-state index contributed by atoms with van der Waals surface area (Å²) in [5.74, 6) is 0. The van der Waals surface area contributed by atoms with Crippen LogP contribution in [-0.2, 0) is 7.05 Å². The van der Waals surface area contributed by atoms with Crippen LogP contribution in [0.25, 0.3) is 0 Å². The molecule has 0 saturated carbocycles. The van der Waals surface area contributed by atoms with Crippen LogP contribution in [0.4, 0.5) is 0 Å². The minimum Gasteiger partial charge on any atom is -0.310 e. The topological polar surface area (TPSA) is 62.7 Å². The summed E-state index contributed by atoms with van der Waals surface area (Å²) >= 11 is 1.47. The summed E-state index contributed by atoms with van der Waals surface area (Å²) in [6.07, 6.45) is 0. The highest BCUT2D eigenvalue weighted by atomic mass is 32.2. The Morgan fingerprint density at radius 1 is 1.42 bits per heavy atom. The lowest BCUT2D eigenvalue weighted by molar-refractivity contribution is 0.598. The van der Waals surface area contributed by atoms with E-state index < -0.39 is 0 Å². The molecule has 5 nitrogen and oxygen atoms in total. The van der Waals surface area contributed by atoms with Crippen LogP contribution in [0.2, 0.25) is 0 Å². The molecule has 1 atom stereocenters. The van der Waals surface area contributed by atoms with Gasteiger partial charge in [-0.2, -0.15) is 0 Å². The van der Waals surface area contributed by atoms with E-state index in [0.29, 0.717) is 11.2 Å². The molecule has 0 aliphatic carbocycles. The normalized spacial score (nSPS) is 12.6. The molecule has 0 fully saturated rings. The second-order valence-corrected chi connectivity index (χ2v) is 5.36. The summed E-state index contributed by atoms with van der Waals surface area (Å²) in [5.41, 5.74) is 1.06. The molecule has 6 heteroatoms. The van der Waals surface area contributed by atoms with E-state index in [1.807, 2.05) is 12.1 Å². The van der Waals surface area contributed by atoms with Crippen LogP contribution in [0.3, 0.4) is 0 Å². The Hall–Kier alpha value is -1.53. The number of hydrogen-bond donors (Lipinski definition) is 2. The second kappa shape index (κ2) is 6.08. The standard InChI is InChI=1S/C13H18N4OS/c1-4-14-9(2)10-5-7-11(8-6-10)19-13-16-15-12(18)17(13)3/h5-9,14H,4H2,1-3H3,(H,15,18). The highest BCUT2D eigenvalue weighted by Crippen LogP contribution is 2.25. The third-order valence-corrected chi connectivity index (χ3v) is 3.99. The Kier molecular flexibility index (Phi) is 4.44. The van der Waals surface area contributed by atoms with Gasteiger partial charge >= 0.3 is 5.69 Å². The fraction of sp³-hybridized carbons (Fsp3) is 0.385. The lowest BCUT2D eigenvalue weighted by Gasteiger charge is -2.12. The zero-order valence-corrected chi connectivity index (χ0v) is 12.1. The Morgan fingerprint density at radius 3 is 2.63 bits per heavy atom. The molecule has 1 unspecified atom stereocenters. The van der Waals surface area contributed by atoms with Gasteiger partial charge in [0.2, 0.25) is 0 Å². The summed E-state index contributed by atoms with van der Waals surface area (Å²) in [6.45, 7) is 5.19. The fourth-order valence-corrected chi connectivity index (χ4v) is 2.57. The highest BCUT2D eigenvalue weighted by molar-refractivity contribution is 7.99. The average Bonchev–Trinajstić information content (AvgIpc) is 2.72. The van der Waals surface area contributed by atoms with Crippen molar-refractivity contribution in [2.75, 3.05) is 6.54 Å². The Labute approximate surface area is 116 Å². The van der Waals surface area contributed by atoms with Gasteiger partial charge in [0.15, 0.2) is 5.16 Å². The minimum absolute atomic E-state index is 0.195. The molecule has 1 heterocycles. The first-order valence-corrected chi connectivity index (χ1v) is 7.06. The Bertz CT molecular complexity index is 587. The van der Waals surface area contributed by atoms with Gasteiger partial charge in [-0.15, -0.1) is 5.10 Å². The molecule has 0 aliphatic heterocycles. The van der Waals surface area contributed by atoms with Crippen molar-refractivity contribution in [1.29, 1.82) is 0 Å². The molecule has 1 aromatic heterocycles. The van der Waals surface area contributed by atoms with E-state index in [1.165, 1.54) is 21.9 Å². The van der Waals surface area contributed by atoms with Gasteiger partial charge in [-0.05, 0) is 42.9 Å². The van der Waals surface area contributed by atoms with Crippen LogP contribution in [-0.4, -0.2) is 21.3 Å². The molecule has 2 N–H and O–H groups in total. The summed E-state index contributed by atoms with van der Waals surface area (Å²) in [4.78, 5) is 12.3. The molecule has 2 aromatic rings. The average molecular weight is 278 g/mol. The monoisotopic (exact) mass is 278 g/mol. The molecular formula is C13H18N4OS. The lowest BCUT2D eigenvalue weighted by atomic mass is 10.1. The molecule has 19 heavy (non-hydrogen) atoms. The van der Waals surface area contributed by atoms with E-state index in [4.69, 9.17) is 0 Å². The number of rotatable bonds is 5. The van der Waals surface area contributed by atoms with E-state index in [2.05, 4.69) is 41.5 Å². The molecule has 0 bridgehead atoms. The predicted octanol–water partition coefficient (Wildman–Crippen LogP) is 1.93. The van der Waals surface area contributed by atoms with Gasteiger partial charge in [-0.25, -0.2) is 9.89 Å². The molecule has 2 rings (SSSR count). The van der Waals surface area contributed by atoms with E-state index in [9.17, 15) is 4.79 Å². The quantitative estimate of drug-likeness (QED) is 0.877. The van der Waals surface area contributed by atoms with E-state index in [-0.39, 0.29) is 5.69 Å². The van der Waals surface area contributed by atoms with Gasteiger partial charge in [-0.1, -0.05) is 19.1 Å². The number of nitrogens with one attached hydrogen (secondary N) is 2. The first-order valence-electron chi connectivity index (χ1n) is 6.24. The van der Waals surface area contributed by atoms with Crippen molar-refractivity contribution in [3.8, 4) is 0 Å². The number of aromatic amines is 1. The molecule has 0 saturated heterocycles. The van der Waals surface area contributed by atoms with Crippen molar-refractivity contribution in [1.82, 2.24) is 20.1 Å². The van der Waals surface area contributed by atoms with Crippen LogP contribution in [0.15, 0.2) is 39.1 Å². The van der Waals surface area contributed by atoms with Gasteiger partial charge in [0.25, 0.3) is 0 Å². The predicted molar refractivity (Wildman–Crippen MR) is 76.5 cm³/mol. The maximum Gasteiger partial charge on any atom is 0.343 e. The molecular weight excluding hydrogens is 260 g/mol. The molecule has 0 spiro atoms. The number of hydrogen-bond acceptors (Lipinski definition) is 4. The van der Waals surface area contributed by atoms with Crippen LogP contribution in [0.1, 0.15) is 25.5 Å². The maximum absolute atomic E-state index is 11.3. The van der Waals surface area contributed by atoms with Crippen LogP contribution < -0.4 is 11.0 Å². The molecule has 0 amide bonds. The number of aromatic nitrogens is 3. The van der Waals surface area contributed by atoms with Gasteiger partial charge in [0.05, 0.1) is 0 Å². The fourth-order valence-electron chi connectivity index (χ4n) is 1.78. The van der Waals surface area contributed by atoms with Gasteiger partial charge in [0.1, 0.15) is 0 Å². The van der Waals surface area contributed by atoms with Crippen LogP contribution in [0.5, 0.6) is 0 Å². The van der Waals surface area contributed by atoms with E-state index >= 15 is 0 Å². The third kappa shape index (κ3) is 3.27. The van der Waals surface area contributed by atoms with Gasteiger partial charge in [-0.3, -0.25) is 4.57 Å². The zero-order chi connectivity index (χ0) is 13.8. The number of nitrogens with zero attached hydrogens (tertiary/aromatic N) is 2. The molecule has 0 aliphatic rings. The van der Waals surface area contributed by atoms with Crippen molar-refractivity contribution in [3.63, 3.8) is 0 Å². The highest BCUT2D eigenvalue weighted by Gasteiger charge is 2.07. The minimum atomic E-state index is -0.195. The summed E-state index contributed by atoms with van der Waals surface area (Å²) < 4.78 is 1.50. The van der Waals surface area contributed by atoms with Crippen molar-refractivity contribution in [2.24, 2.45) is 7.05 Å². The summed E-state index contributed by atoms with van der Waals surface area (Å²) in [6, 6.07) is 8.64. The van der Waals surface area contributed by atoms with Crippen molar-refractivity contribution >= 4 is 11.8 Å². The molecule has 102 valence electrons. The SMILES string of the molecule is CCNC(C)c1ccc(Sc2n[nH]c(=O)n2C)cc1. The number of benzene rings is 1. The Morgan fingerprint density at radius 2 is 2.11 bits per heavy atom. The lowest BCUT2D eigenvalue weighted by Crippen LogP contribution is -2.17. The largest absolute Gasteiger partial charge is 0.343 e.